The third-order valence-electron chi connectivity index (χ3n) is 4.02. The average molecular weight is 364 g/mol. The molecule has 0 saturated heterocycles. The van der Waals surface area contributed by atoms with Crippen molar-refractivity contribution in [3.05, 3.63) is 57.5 Å². The van der Waals surface area contributed by atoms with Crippen LogP contribution in [0, 0.1) is 6.92 Å². The lowest BCUT2D eigenvalue weighted by atomic mass is 10.2. The highest BCUT2D eigenvalue weighted by molar-refractivity contribution is 7.91. The minimum atomic E-state index is -3.55. The van der Waals surface area contributed by atoms with Gasteiger partial charge in [0.2, 0.25) is 5.43 Å². The van der Waals surface area contributed by atoms with Gasteiger partial charge in [-0.2, -0.15) is 0 Å². The maximum Gasteiger partial charge on any atom is 0.271 e. The molecule has 0 aliphatic rings. The van der Waals surface area contributed by atoms with E-state index in [1.807, 2.05) is 0 Å². The Morgan fingerprint density at radius 2 is 1.92 bits per heavy atom. The maximum atomic E-state index is 12.5. The van der Waals surface area contributed by atoms with E-state index in [9.17, 15) is 23.1 Å². The number of aromatic nitrogens is 1. The minimum Gasteiger partial charge on any atom is -0.503 e. The van der Waals surface area contributed by atoms with E-state index in [1.54, 1.807) is 25.1 Å². The summed E-state index contributed by atoms with van der Waals surface area (Å²) in [5.41, 5.74) is 0.0741. The third-order valence-corrected chi connectivity index (χ3v) is 5.89. The second-order valence-corrected chi connectivity index (χ2v) is 7.75. The van der Waals surface area contributed by atoms with Crippen LogP contribution in [-0.2, 0) is 23.3 Å². The zero-order valence-corrected chi connectivity index (χ0v) is 15.1. The van der Waals surface area contributed by atoms with E-state index in [1.165, 1.54) is 24.7 Å². The van der Waals surface area contributed by atoms with Gasteiger partial charge < -0.3 is 15.0 Å². The fourth-order valence-corrected chi connectivity index (χ4v) is 4.15. The first-order valence-electron chi connectivity index (χ1n) is 7.61. The molecule has 0 radical (unpaired) electrons. The Balaban J connectivity index is 2.39. The van der Waals surface area contributed by atoms with Crippen LogP contribution >= 0.6 is 0 Å². The number of pyridine rings is 1. The maximum absolute atomic E-state index is 12.5. The van der Waals surface area contributed by atoms with Crippen LogP contribution in [0.5, 0.6) is 5.75 Å². The average Bonchev–Trinajstić information content (AvgIpc) is 2.57. The molecule has 1 aromatic heterocycles. The molecule has 0 aliphatic carbocycles. The largest absolute Gasteiger partial charge is 0.503 e. The van der Waals surface area contributed by atoms with Crippen LogP contribution < -0.4 is 10.7 Å². The van der Waals surface area contributed by atoms with Gasteiger partial charge in [-0.25, -0.2) is 8.42 Å². The van der Waals surface area contributed by atoms with Crippen molar-refractivity contribution < 1.29 is 18.3 Å². The molecule has 0 atom stereocenters. The van der Waals surface area contributed by atoms with Crippen molar-refractivity contribution in [2.75, 3.05) is 12.8 Å². The van der Waals surface area contributed by atoms with E-state index in [4.69, 9.17) is 0 Å². The molecule has 1 amide bonds. The molecule has 134 valence electrons. The van der Waals surface area contributed by atoms with Gasteiger partial charge in [-0.05, 0) is 18.6 Å². The topological polar surface area (TPSA) is 105 Å². The van der Waals surface area contributed by atoms with E-state index in [-0.39, 0.29) is 22.8 Å². The van der Waals surface area contributed by atoms with Gasteiger partial charge in [0, 0.05) is 32.3 Å². The highest BCUT2D eigenvalue weighted by Gasteiger charge is 2.21. The van der Waals surface area contributed by atoms with Gasteiger partial charge in [-0.15, -0.1) is 0 Å². The second-order valence-electron chi connectivity index (χ2n) is 5.67. The summed E-state index contributed by atoms with van der Waals surface area (Å²) in [6.45, 7) is 1.72. The lowest BCUT2D eigenvalue weighted by Gasteiger charge is -2.15. The van der Waals surface area contributed by atoms with Gasteiger partial charge >= 0.3 is 0 Å². The van der Waals surface area contributed by atoms with Crippen molar-refractivity contribution in [2.24, 2.45) is 7.05 Å². The Bertz CT molecular complexity index is 977. The van der Waals surface area contributed by atoms with E-state index in [0.29, 0.717) is 11.3 Å². The molecule has 0 spiro atoms. The Labute approximate surface area is 145 Å². The third kappa shape index (κ3) is 3.74. The number of carbonyl (C=O) groups excluding carboxylic acids is 1. The van der Waals surface area contributed by atoms with E-state index >= 15 is 0 Å². The summed E-state index contributed by atoms with van der Waals surface area (Å²) in [5.74, 6) is -1.50. The molecule has 0 bridgehead atoms. The van der Waals surface area contributed by atoms with Crippen molar-refractivity contribution >= 4 is 15.7 Å². The Kier molecular flexibility index (Phi) is 5.32. The first-order valence-corrected chi connectivity index (χ1v) is 9.26. The smallest absolute Gasteiger partial charge is 0.271 e. The molecule has 8 heteroatoms. The monoisotopic (exact) mass is 364 g/mol. The zero-order chi connectivity index (χ0) is 18.8. The SMILES string of the molecule is CNC(=O)c1c(O)c(=O)cc(CCS(=O)(=O)c2ccccc2C)n1C. The summed E-state index contributed by atoms with van der Waals surface area (Å²) in [7, 11) is -0.670. The number of hydrogen-bond acceptors (Lipinski definition) is 5. The predicted octanol–water partition coefficient (Wildman–Crippen LogP) is 0.775. The van der Waals surface area contributed by atoms with Crippen molar-refractivity contribution in [1.82, 2.24) is 9.88 Å². The van der Waals surface area contributed by atoms with Gasteiger partial charge in [0.15, 0.2) is 21.3 Å². The Morgan fingerprint density at radius 1 is 1.28 bits per heavy atom. The van der Waals surface area contributed by atoms with Crippen LogP contribution in [-0.4, -0.2) is 36.8 Å². The van der Waals surface area contributed by atoms with Gasteiger partial charge in [0.25, 0.3) is 5.91 Å². The lowest BCUT2D eigenvalue weighted by molar-refractivity contribution is 0.0950. The summed E-state index contributed by atoms with van der Waals surface area (Å²) < 4.78 is 26.4. The molecule has 1 heterocycles. The minimum absolute atomic E-state index is 0.0344. The quantitative estimate of drug-likeness (QED) is 0.815. The number of nitrogens with zero attached hydrogens (tertiary/aromatic N) is 1. The first-order chi connectivity index (χ1) is 11.7. The predicted molar refractivity (Wildman–Crippen MR) is 93.7 cm³/mol. The van der Waals surface area contributed by atoms with Gasteiger partial charge in [0.1, 0.15) is 0 Å². The number of nitrogens with one attached hydrogen (secondary N) is 1. The molecule has 2 aromatic rings. The van der Waals surface area contributed by atoms with Crippen molar-refractivity contribution in [2.45, 2.75) is 18.2 Å². The number of hydrogen-bond donors (Lipinski definition) is 2. The number of amides is 1. The van der Waals surface area contributed by atoms with Crippen LogP contribution in [0.4, 0.5) is 0 Å². The number of aromatic hydroxyl groups is 1. The Morgan fingerprint density at radius 3 is 2.52 bits per heavy atom. The number of benzene rings is 1. The molecule has 0 saturated carbocycles. The van der Waals surface area contributed by atoms with Crippen LogP contribution in [0.25, 0.3) is 0 Å². The molecule has 25 heavy (non-hydrogen) atoms. The highest BCUT2D eigenvalue weighted by atomic mass is 32.2. The number of rotatable bonds is 5. The number of carbonyl (C=O) groups is 1. The van der Waals surface area contributed by atoms with Crippen molar-refractivity contribution in [1.29, 1.82) is 0 Å². The van der Waals surface area contributed by atoms with Gasteiger partial charge in [-0.3, -0.25) is 9.59 Å². The van der Waals surface area contributed by atoms with E-state index < -0.39 is 26.9 Å². The number of sulfone groups is 1. The summed E-state index contributed by atoms with van der Waals surface area (Å²) in [5, 5.41) is 12.2. The van der Waals surface area contributed by atoms with Crippen LogP contribution in [0.1, 0.15) is 21.7 Å². The van der Waals surface area contributed by atoms with Crippen molar-refractivity contribution in [3.8, 4) is 5.75 Å². The number of aryl methyl sites for hydroxylation is 2. The zero-order valence-electron chi connectivity index (χ0n) is 14.2. The molecule has 0 fully saturated rings. The summed E-state index contributed by atoms with van der Waals surface area (Å²) in [6, 6.07) is 7.81. The summed E-state index contributed by atoms with van der Waals surface area (Å²) >= 11 is 0. The van der Waals surface area contributed by atoms with E-state index in [2.05, 4.69) is 5.32 Å². The van der Waals surface area contributed by atoms with Crippen molar-refractivity contribution in [3.63, 3.8) is 0 Å². The fraction of sp³-hybridized carbons (Fsp3) is 0.294. The normalized spacial score (nSPS) is 11.3. The molecular formula is C17H20N2O5S. The molecule has 0 unspecified atom stereocenters. The van der Waals surface area contributed by atoms with Crippen LogP contribution in [0.15, 0.2) is 40.0 Å². The van der Waals surface area contributed by atoms with Crippen LogP contribution in [0.3, 0.4) is 0 Å². The van der Waals surface area contributed by atoms with Gasteiger partial charge in [-0.1, -0.05) is 18.2 Å². The van der Waals surface area contributed by atoms with E-state index in [0.717, 1.165) is 6.07 Å². The first kappa shape index (κ1) is 18.7. The highest BCUT2D eigenvalue weighted by Crippen LogP contribution is 2.18. The molecule has 7 nitrogen and oxygen atoms in total. The molecule has 2 N–H and O–H groups in total. The van der Waals surface area contributed by atoms with Crippen LogP contribution in [0.2, 0.25) is 0 Å². The summed E-state index contributed by atoms with van der Waals surface area (Å²) in [4.78, 5) is 24.0. The standard InChI is InChI=1S/C17H20N2O5S/c1-11-6-4-5-7-14(11)25(23,24)9-8-12-10-13(20)16(21)15(19(12)3)17(22)18-2/h4-7,10,21H,8-9H2,1-3H3,(H,18,22). The molecule has 2 rings (SSSR count). The second kappa shape index (κ2) is 7.10. The Hall–Kier alpha value is -2.61. The molecule has 1 aromatic carbocycles. The fourth-order valence-electron chi connectivity index (χ4n) is 2.61. The molecular weight excluding hydrogens is 344 g/mol. The molecule has 0 aliphatic heterocycles. The summed E-state index contributed by atoms with van der Waals surface area (Å²) in [6.07, 6.45) is 0.0344. The van der Waals surface area contributed by atoms with Gasteiger partial charge in [0.05, 0.1) is 10.6 Å². The lowest BCUT2D eigenvalue weighted by Crippen LogP contribution is -2.27.